The molecule has 0 amide bonds. The van der Waals surface area contributed by atoms with Crippen LogP contribution >= 0.6 is 0 Å². The fourth-order valence-electron chi connectivity index (χ4n) is 1.57. The highest BCUT2D eigenvalue weighted by molar-refractivity contribution is 5.62. The largest absolute Gasteiger partial charge is 0.412 e. The molecule has 0 atom stereocenters. The Labute approximate surface area is 82.1 Å². The van der Waals surface area contributed by atoms with E-state index in [-0.39, 0.29) is 0 Å². The summed E-state index contributed by atoms with van der Waals surface area (Å²) < 4.78 is 3.66. The van der Waals surface area contributed by atoms with Crippen LogP contribution in [0.1, 0.15) is 18.3 Å². The van der Waals surface area contributed by atoms with E-state index in [1.807, 2.05) is 25.2 Å². The third-order valence-corrected chi connectivity index (χ3v) is 2.41. The summed E-state index contributed by atoms with van der Waals surface area (Å²) in [6, 6.07) is 0. The molecule has 0 aliphatic carbocycles. The minimum Gasteiger partial charge on any atom is -0.412 e. The van der Waals surface area contributed by atoms with Crippen molar-refractivity contribution < 1.29 is 4.84 Å². The van der Waals surface area contributed by atoms with E-state index < -0.39 is 0 Å². The molecule has 2 rings (SSSR count). The number of imidazole rings is 2. The lowest BCUT2D eigenvalue weighted by Crippen LogP contribution is -2.12. The van der Waals surface area contributed by atoms with Crippen molar-refractivity contribution in [3.63, 3.8) is 0 Å². The maximum Gasteiger partial charge on any atom is 0.197 e. The topological polar surface area (TPSA) is 57.5 Å². The molecule has 0 radical (unpaired) electrons. The van der Waals surface area contributed by atoms with Crippen molar-refractivity contribution in [2.24, 2.45) is 0 Å². The Morgan fingerprint density at radius 3 is 2.79 bits per heavy atom. The van der Waals surface area contributed by atoms with Crippen LogP contribution in [0.2, 0.25) is 0 Å². The summed E-state index contributed by atoms with van der Waals surface area (Å²) in [4.78, 5) is 9.53. The van der Waals surface area contributed by atoms with E-state index >= 15 is 0 Å². The van der Waals surface area contributed by atoms with Crippen molar-refractivity contribution in [2.45, 2.75) is 20.8 Å². The number of hydrogen-bond acceptors (Lipinski definition) is 3. The zero-order valence-corrected chi connectivity index (χ0v) is 8.61. The summed E-state index contributed by atoms with van der Waals surface area (Å²) in [6.07, 6.45) is 1.71. The maximum atomic E-state index is 5.76. The fraction of sp³-hybridized carbons (Fsp3) is 0.444. The van der Waals surface area contributed by atoms with Gasteiger partial charge in [0.1, 0.15) is 12.9 Å². The smallest absolute Gasteiger partial charge is 0.197 e. The van der Waals surface area contributed by atoms with Crippen LogP contribution in [0, 0.1) is 13.8 Å². The van der Waals surface area contributed by atoms with E-state index in [0.717, 1.165) is 17.0 Å². The summed E-state index contributed by atoms with van der Waals surface area (Å²) >= 11 is 0. The van der Waals surface area contributed by atoms with Crippen molar-refractivity contribution in [3.05, 3.63) is 17.7 Å². The van der Waals surface area contributed by atoms with Crippen molar-refractivity contribution in [1.82, 2.24) is 14.1 Å². The summed E-state index contributed by atoms with van der Waals surface area (Å²) in [5.74, 6) is 0.495. The highest BCUT2D eigenvalue weighted by Gasteiger charge is 2.14. The first-order chi connectivity index (χ1) is 6.66. The summed E-state index contributed by atoms with van der Waals surface area (Å²) in [5, 5.41) is 0. The van der Waals surface area contributed by atoms with Crippen molar-refractivity contribution >= 4 is 11.5 Å². The molecule has 76 valence electrons. The van der Waals surface area contributed by atoms with E-state index in [4.69, 9.17) is 10.6 Å². The second kappa shape index (κ2) is 2.94. The predicted octanol–water partition coefficient (Wildman–Crippen LogP) is 0.783. The SMILES string of the molecule is CCOn1c(C)c(C)n2cnc(N)c12. The van der Waals surface area contributed by atoms with Gasteiger partial charge in [0.05, 0.1) is 5.69 Å². The van der Waals surface area contributed by atoms with E-state index in [0.29, 0.717) is 12.4 Å². The first kappa shape index (κ1) is 8.93. The predicted molar refractivity (Wildman–Crippen MR) is 54.2 cm³/mol. The lowest BCUT2D eigenvalue weighted by atomic mass is 10.4. The number of hydrogen-bond donors (Lipinski definition) is 1. The van der Waals surface area contributed by atoms with Crippen LogP contribution in [0.3, 0.4) is 0 Å². The number of aryl methyl sites for hydroxylation is 1. The molecule has 2 aromatic heterocycles. The zero-order valence-electron chi connectivity index (χ0n) is 8.61. The molecule has 0 saturated carbocycles. The molecule has 0 aliphatic rings. The third kappa shape index (κ3) is 0.982. The molecule has 0 saturated heterocycles. The van der Waals surface area contributed by atoms with Crippen LogP contribution in [0.4, 0.5) is 5.82 Å². The number of nitrogens with two attached hydrogens (primary N) is 1. The average molecular weight is 194 g/mol. The lowest BCUT2D eigenvalue weighted by molar-refractivity contribution is 0.127. The van der Waals surface area contributed by atoms with Gasteiger partial charge in [-0.25, -0.2) is 4.98 Å². The zero-order chi connectivity index (χ0) is 10.3. The van der Waals surface area contributed by atoms with Crippen LogP contribution in [-0.4, -0.2) is 20.7 Å². The molecular formula is C9H14N4O. The summed E-state index contributed by atoms with van der Waals surface area (Å²) in [7, 11) is 0. The minimum atomic E-state index is 0.495. The van der Waals surface area contributed by atoms with E-state index in [9.17, 15) is 0 Å². The molecule has 0 fully saturated rings. The summed E-state index contributed by atoms with van der Waals surface area (Å²) in [5.41, 5.74) is 8.71. The Hall–Kier alpha value is -1.65. The first-order valence-corrected chi connectivity index (χ1v) is 4.60. The van der Waals surface area contributed by atoms with Crippen LogP contribution in [0.25, 0.3) is 5.65 Å². The number of aromatic nitrogens is 3. The summed E-state index contributed by atoms with van der Waals surface area (Å²) in [6.45, 7) is 6.56. The van der Waals surface area contributed by atoms with Gasteiger partial charge in [0.25, 0.3) is 0 Å². The number of rotatable bonds is 2. The molecule has 5 heteroatoms. The quantitative estimate of drug-likeness (QED) is 0.768. The van der Waals surface area contributed by atoms with Gasteiger partial charge in [-0.05, 0) is 20.8 Å². The Morgan fingerprint density at radius 2 is 2.14 bits per heavy atom. The van der Waals surface area contributed by atoms with E-state index in [2.05, 4.69) is 4.98 Å². The molecule has 2 N–H and O–H groups in total. The number of nitrogen functional groups attached to an aromatic ring is 1. The molecule has 0 bridgehead atoms. The van der Waals surface area contributed by atoms with Gasteiger partial charge >= 0.3 is 0 Å². The van der Waals surface area contributed by atoms with Crippen LogP contribution < -0.4 is 10.6 Å². The van der Waals surface area contributed by atoms with Gasteiger partial charge in [-0.1, -0.05) is 0 Å². The van der Waals surface area contributed by atoms with Gasteiger partial charge in [0.2, 0.25) is 0 Å². The lowest BCUT2D eigenvalue weighted by Gasteiger charge is -2.06. The highest BCUT2D eigenvalue weighted by Crippen LogP contribution is 2.18. The second-order valence-corrected chi connectivity index (χ2v) is 3.21. The Balaban J connectivity index is 2.76. The number of nitrogens with zero attached hydrogens (tertiary/aromatic N) is 3. The van der Waals surface area contributed by atoms with Crippen LogP contribution in [0.5, 0.6) is 0 Å². The standard InChI is InChI=1S/C9H14N4O/c1-4-14-13-7(3)6(2)12-5-11-8(10)9(12)13/h5H,4,10H2,1-3H3. The Kier molecular flexibility index (Phi) is 1.87. The normalized spacial score (nSPS) is 11.1. The van der Waals surface area contributed by atoms with Crippen molar-refractivity contribution in [1.29, 1.82) is 0 Å². The van der Waals surface area contributed by atoms with Gasteiger partial charge in [-0.15, -0.1) is 0 Å². The third-order valence-electron chi connectivity index (χ3n) is 2.41. The van der Waals surface area contributed by atoms with E-state index in [1.165, 1.54) is 0 Å². The first-order valence-electron chi connectivity index (χ1n) is 4.60. The van der Waals surface area contributed by atoms with Crippen LogP contribution in [0.15, 0.2) is 6.33 Å². The second-order valence-electron chi connectivity index (χ2n) is 3.21. The molecule has 14 heavy (non-hydrogen) atoms. The van der Waals surface area contributed by atoms with Gasteiger partial charge in [0, 0.05) is 5.69 Å². The number of anilines is 1. The average Bonchev–Trinajstić information content (AvgIpc) is 2.63. The van der Waals surface area contributed by atoms with E-state index in [1.54, 1.807) is 11.1 Å². The van der Waals surface area contributed by atoms with Gasteiger partial charge in [-0.2, -0.15) is 4.73 Å². The molecular weight excluding hydrogens is 180 g/mol. The molecule has 0 aromatic carbocycles. The molecule has 0 unspecified atom stereocenters. The van der Waals surface area contributed by atoms with Gasteiger partial charge < -0.3 is 10.6 Å². The molecule has 2 heterocycles. The Morgan fingerprint density at radius 1 is 1.43 bits per heavy atom. The maximum absolute atomic E-state index is 5.76. The molecule has 5 nitrogen and oxygen atoms in total. The van der Waals surface area contributed by atoms with Gasteiger partial charge in [0.15, 0.2) is 11.5 Å². The highest BCUT2D eigenvalue weighted by atomic mass is 16.7. The van der Waals surface area contributed by atoms with Crippen molar-refractivity contribution in [3.8, 4) is 0 Å². The minimum absolute atomic E-state index is 0.495. The van der Waals surface area contributed by atoms with Gasteiger partial charge in [-0.3, -0.25) is 4.40 Å². The monoisotopic (exact) mass is 194 g/mol. The van der Waals surface area contributed by atoms with Crippen molar-refractivity contribution in [2.75, 3.05) is 12.3 Å². The molecule has 0 aliphatic heterocycles. The fourth-order valence-corrected chi connectivity index (χ4v) is 1.57. The molecule has 0 spiro atoms. The number of fused-ring (bicyclic) bond motifs is 1. The Bertz CT molecular complexity index is 469. The van der Waals surface area contributed by atoms with Crippen LogP contribution in [-0.2, 0) is 0 Å². The molecule has 2 aromatic rings.